The van der Waals surface area contributed by atoms with Gasteiger partial charge in [0, 0.05) is 13.1 Å². The molecule has 1 rings (SSSR count). The van der Waals surface area contributed by atoms with Gasteiger partial charge in [-0.1, -0.05) is 19.1 Å². The van der Waals surface area contributed by atoms with Gasteiger partial charge < -0.3 is 5.11 Å². The number of piperidine rings is 1. The third-order valence-corrected chi connectivity index (χ3v) is 1.89. The molecular formula is C8H15NO. The van der Waals surface area contributed by atoms with Crippen molar-refractivity contribution in [1.82, 2.24) is 4.90 Å². The third-order valence-electron chi connectivity index (χ3n) is 1.89. The number of hydrogen-bond acceptors (Lipinski definition) is 2. The highest BCUT2D eigenvalue weighted by atomic mass is 16.3. The smallest absolute Gasteiger partial charge is 0.0704 e. The first kappa shape index (κ1) is 7.76. The second-order valence-electron chi connectivity index (χ2n) is 2.94. The molecule has 2 heteroatoms. The van der Waals surface area contributed by atoms with Gasteiger partial charge >= 0.3 is 0 Å². The van der Waals surface area contributed by atoms with Gasteiger partial charge in [-0.3, -0.25) is 4.90 Å². The quantitative estimate of drug-likeness (QED) is 0.541. The van der Waals surface area contributed by atoms with Crippen molar-refractivity contribution in [3.8, 4) is 0 Å². The molecule has 1 fully saturated rings. The lowest BCUT2D eigenvalue weighted by atomic mass is 10.0. The van der Waals surface area contributed by atoms with Crippen molar-refractivity contribution in [2.75, 3.05) is 19.6 Å². The van der Waals surface area contributed by atoms with Crippen LogP contribution in [-0.2, 0) is 0 Å². The lowest BCUT2D eigenvalue weighted by molar-refractivity contribution is 0.0977. The van der Waals surface area contributed by atoms with Gasteiger partial charge in [0.25, 0.3) is 0 Å². The molecule has 0 aliphatic carbocycles. The summed E-state index contributed by atoms with van der Waals surface area (Å²) in [7, 11) is 0. The summed E-state index contributed by atoms with van der Waals surface area (Å²) in [4.78, 5) is 2.20. The van der Waals surface area contributed by atoms with Crippen LogP contribution in [0, 0.1) is 0 Å². The number of aliphatic hydroxyl groups excluding tert-OH is 1. The summed E-state index contributed by atoms with van der Waals surface area (Å²) in [6.45, 7) is 8.75. The number of aliphatic hydroxyl groups is 1. The molecule has 1 heterocycles. The second kappa shape index (κ2) is 3.17. The normalized spacial score (nSPS) is 29.0. The predicted octanol–water partition coefficient (Wildman–Crippen LogP) is 0.629. The van der Waals surface area contributed by atoms with Crippen molar-refractivity contribution >= 4 is 0 Å². The minimum Gasteiger partial charge on any atom is -0.391 e. The first-order valence-corrected chi connectivity index (χ1v) is 3.79. The molecule has 0 aromatic carbocycles. The lowest BCUT2D eigenvalue weighted by Crippen LogP contribution is -2.38. The Labute approximate surface area is 62.2 Å². The lowest BCUT2D eigenvalue weighted by Gasteiger charge is -2.30. The van der Waals surface area contributed by atoms with Crippen LogP contribution in [-0.4, -0.2) is 35.7 Å². The van der Waals surface area contributed by atoms with E-state index in [1.165, 1.54) is 0 Å². The number of nitrogens with zero attached hydrogens (tertiary/aromatic N) is 1. The summed E-state index contributed by atoms with van der Waals surface area (Å²) in [6, 6.07) is 0. The van der Waals surface area contributed by atoms with Gasteiger partial charge in [0.15, 0.2) is 0 Å². The Morgan fingerprint density at radius 2 is 2.50 bits per heavy atom. The molecule has 1 aliphatic rings. The van der Waals surface area contributed by atoms with E-state index in [0.29, 0.717) is 0 Å². The molecule has 0 bridgehead atoms. The zero-order chi connectivity index (χ0) is 7.56. The van der Waals surface area contributed by atoms with Gasteiger partial charge in [-0.25, -0.2) is 0 Å². The van der Waals surface area contributed by atoms with Crippen LogP contribution in [0.1, 0.15) is 13.3 Å². The average Bonchev–Trinajstić information content (AvgIpc) is 1.85. The second-order valence-corrected chi connectivity index (χ2v) is 2.94. The molecule has 1 saturated heterocycles. The summed E-state index contributed by atoms with van der Waals surface area (Å²) >= 11 is 0. The van der Waals surface area contributed by atoms with Gasteiger partial charge in [0.1, 0.15) is 0 Å². The monoisotopic (exact) mass is 141 g/mol. The number of rotatable bonds is 1. The maximum Gasteiger partial charge on any atom is 0.0704 e. The number of β-amino-alcohol motifs (C(OH)–C–C–N with tert-alkyl or cyclic N) is 1. The highest BCUT2D eigenvalue weighted by Gasteiger charge is 2.17. The number of likely N-dealkylation sites (tertiary alicyclic amines) is 1. The van der Waals surface area contributed by atoms with Crippen molar-refractivity contribution in [2.24, 2.45) is 0 Å². The maximum atomic E-state index is 9.28. The molecule has 10 heavy (non-hydrogen) atoms. The molecule has 1 unspecified atom stereocenters. The van der Waals surface area contributed by atoms with E-state index in [2.05, 4.69) is 18.4 Å². The van der Waals surface area contributed by atoms with Gasteiger partial charge in [0.2, 0.25) is 0 Å². The van der Waals surface area contributed by atoms with Crippen molar-refractivity contribution < 1.29 is 5.11 Å². The van der Waals surface area contributed by atoms with Crippen molar-refractivity contribution in [1.29, 1.82) is 0 Å². The summed E-state index contributed by atoms with van der Waals surface area (Å²) in [5, 5.41) is 9.28. The first-order chi connectivity index (χ1) is 4.72. The van der Waals surface area contributed by atoms with Crippen LogP contribution in [0.25, 0.3) is 0 Å². The average molecular weight is 141 g/mol. The molecule has 0 aromatic heterocycles. The first-order valence-electron chi connectivity index (χ1n) is 3.79. The molecule has 0 aromatic rings. The fraction of sp³-hybridized carbons (Fsp3) is 0.750. The Morgan fingerprint density at radius 3 is 3.00 bits per heavy atom. The topological polar surface area (TPSA) is 23.5 Å². The molecule has 58 valence electrons. The number of likely N-dealkylation sites (N-methyl/N-ethyl adjacent to an activating group) is 1. The Balaban J connectivity index is 2.42. The summed E-state index contributed by atoms with van der Waals surface area (Å²) in [5.74, 6) is 0. The van der Waals surface area contributed by atoms with Gasteiger partial charge in [-0.15, -0.1) is 0 Å². The maximum absolute atomic E-state index is 9.28. The van der Waals surface area contributed by atoms with Gasteiger partial charge in [-0.2, -0.15) is 0 Å². The molecule has 0 radical (unpaired) electrons. The van der Waals surface area contributed by atoms with Gasteiger partial charge in [-0.05, 0) is 13.0 Å². The summed E-state index contributed by atoms with van der Waals surface area (Å²) < 4.78 is 0. The van der Waals surface area contributed by atoms with Crippen LogP contribution in [0.5, 0.6) is 0 Å². The van der Waals surface area contributed by atoms with E-state index in [1.807, 2.05) is 0 Å². The van der Waals surface area contributed by atoms with E-state index in [1.54, 1.807) is 0 Å². The molecule has 0 saturated carbocycles. The number of hydrogen-bond donors (Lipinski definition) is 1. The summed E-state index contributed by atoms with van der Waals surface area (Å²) in [5.41, 5.74) is 1.15. The van der Waals surface area contributed by atoms with Crippen LogP contribution in [0.3, 0.4) is 0 Å². The molecule has 2 nitrogen and oxygen atoms in total. The van der Waals surface area contributed by atoms with Crippen LogP contribution in [0.15, 0.2) is 12.2 Å². The Kier molecular flexibility index (Phi) is 2.46. The zero-order valence-corrected chi connectivity index (χ0v) is 6.51. The van der Waals surface area contributed by atoms with Crippen LogP contribution >= 0.6 is 0 Å². The van der Waals surface area contributed by atoms with E-state index < -0.39 is 0 Å². The van der Waals surface area contributed by atoms with Crippen LogP contribution in [0.4, 0.5) is 0 Å². The molecule has 0 spiro atoms. The molecule has 1 N–H and O–H groups in total. The van der Waals surface area contributed by atoms with E-state index in [0.717, 1.165) is 31.6 Å². The zero-order valence-electron chi connectivity index (χ0n) is 6.51. The highest BCUT2D eigenvalue weighted by molar-refractivity contribution is 5.03. The Bertz CT molecular complexity index is 133. The SMILES string of the molecule is C=C1CC(O)CN(CC)C1. The van der Waals surface area contributed by atoms with E-state index in [9.17, 15) is 5.11 Å². The van der Waals surface area contributed by atoms with Crippen molar-refractivity contribution in [3.63, 3.8) is 0 Å². The fourth-order valence-corrected chi connectivity index (χ4v) is 1.38. The molecule has 1 atom stereocenters. The summed E-state index contributed by atoms with van der Waals surface area (Å²) in [6.07, 6.45) is 0.609. The molecule has 1 aliphatic heterocycles. The Morgan fingerprint density at radius 1 is 1.80 bits per heavy atom. The molecular weight excluding hydrogens is 126 g/mol. The van der Waals surface area contributed by atoms with Crippen LogP contribution < -0.4 is 0 Å². The minimum atomic E-state index is -0.179. The minimum absolute atomic E-state index is 0.179. The van der Waals surface area contributed by atoms with Gasteiger partial charge in [0.05, 0.1) is 6.10 Å². The Hall–Kier alpha value is -0.340. The fourth-order valence-electron chi connectivity index (χ4n) is 1.38. The highest BCUT2D eigenvalue weighted by Crippen LogP contribution is 2.13. The third kappa shape index (κ3) is 1.82. The van der Waals surface area contributed by atoms with E-state index in [4.69, 9.17) is 0 Å². The standard InChI is InChI=1S/C8H15NO/c1-3-9-5-7(2)4-8(10)6-9/h8,10H,2-6H2,1H3. The van der Waals surface area contributed by atoms with E-state index in [-0.39, 0.29) is 6.10 Å². The predicted molar refractivity (Wildman–Crippen MR) is 41.9 cm³/mol. The molecule has 0 amide bonds. The largest absolute Gasteiger partial charge is 0.391 e. The van der Waals surface area contributed by atoms with E-state index >= 15 is 0 Å². The van der Waals surface area contributed by atoms with Crippen molar-refractivity contribution in [2.45, 2.75) is 19.4 Å². The van der Waals surface area contributed by atoms with Crippen molar-refractivity contribution in [3.05, 3.63) is 12.2 Å². The van der Waals surface area contributed by atoms with Crippen LogP contribution in [0.2, 0.25) is 0 Å².